The van der Waals surface area contributed by atoms with Crippen molar-refractivity contribution in [1.82, 2.24) is 0 Å². The smallest absolute Gasteiger partial charge is 0.266 e. The zero-order valence-electron chi connectivity index (χ0n) is 16.3. The van der Waals surface area contributed by atoms with Crippen LogP contribution < -0.4 is 10.2 Å². The van der Waals surface area contributed by atoms with Crippen molar-refractivity contribution in [3.05, 3.63) is 65.2 Å². The summed E-state index contributed by atoms with van der Waals surface area (Å²) in [5, 5.41) is 12.2. The van der Waals surface area contributed by atoms with Crippen molar-refractivity contribution in [2.24, 2.45) is 0 Å². The predicted molar refractivity (Wildman–Crippen MR) is 111 cm³/mol. The molecule has 0 aliphatic carbocycles. The fourth-order valence-corrected chi connectivity index (χ4v) is 3.72. The van der Waals surface area contributed by atoms with Gasteiger partial charge in [0.25, 0.3) is 5.91 Å². The van der Waals surface area contributed by atoms with Crippen LogP contribution in [-0.2, 0) is 4.79 Å². The van der Waals surface area contributed by atoms with Gasteiger partial charge in [0.2, 0.25) is 0 Å². The Bertz CT molecular complexity index is 922. The van der Waals surface area contributed by atoms with Gasteiger partial charge >= 0.3 is 0 Å². The quantitative estimate of drug-likeness (QED) is 0.623. The van der Waals surface area contributed by atoms with Crippen molar-refractivity contribution in [2.75, 3.05) is 17.3 Å². The van der Waals surface area contributed by atoms with Crippen LogP contribution in [0.15, 0.2) is 54.1 Å². The zero-order valence-corrected chi connectivity index (χ0v) is 16.3. The molecule has 1 heterocycles. The van der Waals surface area contributed by atoms with E-state index in [1.165, 1.54) is 11.3 Å². The van der Waals surface area contributed by atoms with E-state index < -0.39 is 5.91 Å². The maximum atomic E-state index is 12.4. The topological polar surface area (TPSA) is 56.1 Å². The second-order valence-corrected chi connectivity index (χ2v) is 7.78. The standard InChI is InChI=1S/C23H25N3O/c1-16-14-23(2,3)26(4)21-11-10-17(13-20(16)21)12-18(15-24)22(27)25-19-8-6-5-7-9-19/h5-13,16H,14H2,1-4H3,(H,25,27)/b18-12-/t16-/m1/s1. The van der Waals surface area contributed by atoms with Gasteiger partial charge in [-0.1, -0.05) is 31.2 Å². The molecule has 1 amide bonds. The van der Waals surface area contributed by atoms with E-state index in [1.54, 1.807) is 18.2 Å². The van der Waals surface area contributed by atoms with Gasteiger partial charge < -0.3 is 10.2 Å². The molecule has 0 spiro atoms. The van der Waals surface area contributed by atoms with Crippen LogP contribution in [0.4, 0.5) is 11.4 Å². The minimum atomic E-state index is -0.396. The van der Waals surface area contributed by atoms with E-state index in [0.29, 0.717) is 11.6 Å². The van der Waals surface area contributed by atoms with Crippen LogP contribution in [0.2, 0.25) is 0 Å². The van der Waals surface area contributed by atoms with Gasteiger partial charge in [0.05, 0.1) is 0 Å². The van der Waals surface area contributed by atoms with Gasteiger partial charge in [-0.3, -0.25) is 4.79 Å². The Morgan fingerprint density at radius 2 is 1.96 bits per heavy atom. The van der Waals surface area contributed by atoms with E-state index in [1.807, 2.05) is 30.3 Å². The Labute approximate surface area is 161 Å². The number of nitrogens with zero attached hydrogens (tertiary/aromatic N) is 2. The maximum absolute atomic E-state index is 12.4. The number of hydrogen-bond donors (Lipinski definition) is 1. The van der Waals surface area contributed by atoms with Crippen LogP contribution in [0.1, 0.15) is 44.2 Å². The normalized spacial score (nSPS) is 18.4. The molecule has 1 atom stereocenters. The molecular formula is C23H25N3O. The first kappa shape index (κ1) is 18.7. The Kier molecular flexibility index (Phi) is 5.05. The number of nitrogens with one attached hydrogen (secondary N) is 1. The van der Waals surface area contributed by atoms with Gasteiger partial charge in [0.15, 0.2) is 0 Å². The molecule has 0 radical (unpaired) electrons. The van der Waals surface area contributed by atoms with Gasteiger partial charge in [-0.15, -0.1) is 0 Å². The molecule has 0 saturated carbocycles. The Balaban J connectivity index is 1.89. The van der Waals surface area contributed by atoms with Gasteiger partial charge in [-0.25, -0.2) is 0 Å². The number of fused-ring (bicyclic) bond motifs is 1. The zero-order chi connectivity index (χ0) is 19.6. The van der Waals surface area contributed by atoms with Crippen LogP contribution in [-0.4, -0.2) is 18.5 Å². The fourth-order valence-electron chi connectivity index (χ4n) is 3.72. The fraction of sp³-hybridized carbons (Fsp3) is 0.304. The highest BCUT2D eigenvalue weighted by Crippen LogP contribution is 2.42. The van der Waals surface area contributed by atoms with Crippen LogP contribution in [0.5, 0.6) is 0 Å². The third-order valence-electron chi connectivity index (χ3n) is 5.37. The number of rotatable bonds is 3. The third kappa shape index (κ3) is 3.88. The number of anilines is 2. The Morgan fingerprint density at radius 3 is 2.63 bits per heavy atom. The molecule has 1 aliphatic heterocycles. The van der Waals surface area contributed by atoms with Crippen LogP contribution in [0, 0.1) is 11.3 Å². The first-order valence-electron chi connectivity index (χ1n) is 9.18. The third-order valence-corrected chi connectivity index (χ3v) is 5.37. The van der Waals surface area contributed by atoms with E-state index in [9.17, 15) is 10.1 Å². The monoisotopic (exact) mass is 359 g/mol. The summed E-state index contributed by atoms with van der Waals surface area (Å²) in [6.45, 7) is 6.73. The molecule has 138 valence electrons. The molecule has 0 fully saturated rings. The van der Waals surface area contributed by atoms with Crippen LogP contribution in [0.3, 0.4) is 0 Å². The number of nitriles is 1. The van der Waals surface area contributed by atoms with E-state index >= 15 is 0 Å². The van der Waals surface area contributed by atoms with Gasteiger partial charge in [0.1, 0.15) is 11.6 Å². The molecule has 4 heteroatoms. The summed E-state index contributed by atoms with van der Waals surface area (Å²) in [6, 6.07) is 17.3. The summed E-state index contributed by atoms with van der Waals surface area (Å²) in [7, 11) is 2.12. The van der Waals surface area contributed by atoms with E-state index in [2.05, 4.69) is 50.2 Å². The summed E-state index contributed by atoms with van der Waals surface area (Å²) in [5.74, 6) is 0.0240. The number of benzene rings is 2. The molecule has 0 saturated heterocycles. The molecule has 0 aromatic heterocycles. The van der Waals surface area contributed by atoms with Crippen molar-refractivity contribution >= 4 is 23.4 Å². The average Bonchev–Trinajstić information content (AvgIpc) is 2.64. The molecule has 3 rings (SSSR count). The highest BCUT2D eigenvalue weighted by Gasteiger charge is 2.33. The lowest BCUT2D eigenvalue weighted by molar-refractivity contribution is -0.112. The minimum Gasteiger partial charge on any atom is -0.369 e. The summed E-state index contributed by atoms with van der Waals surface area (Å²) < 4.78 is 0. The molecule has 2 aromatic carbocycles. The van der Waals surface area contributed by atoms with E-state index in [4.69, 9.17) is 0 Å². The largest absolute Gasteiger partial charge is 0.369 e. The maximum Gasteiger partial charge on any atom is 0.266 e. The van der Waals surface area contributed by atoms with Crippen molar-refractivity contribution < 1.29 is 4.79 Å². The average molecular weight is 359 g/mol. The number of carbonyl (C=O) groups excluding carboxylic acids is 1. The highest BCUT2D eigenvalue weighted by atomic mass is 16.1. The molecule has 1 aliphatic rings. The van der Waals surface area contributed by atoms with Gasteiger partial charge in [-0.05, 0) is 67.7 Å². The minimum absolute atomic E-state index is 0.0935. The number of hydrogen-bond acceptors (Lipinski definition) is 3. The summed E-state index contributed by atoms with van der Waals surface area (Å²) in [4.78, 5) is 14.7. The number of para-hydroxylation sites is 1. The van der Waals surface area contributed by atoms with Crippen LogP contribution >= 0.6 is 0 Å². The lowest BCUT2D eigenvalue weighted by Gasteiger charge is -2.45. The van der Waals surface area contributed by atoms with Crippen molar-refractivity contribution in [3.63, 3.8) is 0 Å². The molecule has 27 heavy (non-hydrogen) atoms. The van der Waals surface area contributed by atoms with Gasteiger partial charge in [-0.2, -0.15) is 5.26 Å². The second kappa shape index (κ2) is 7.28. The molecule has 0 unspecified atom stereocenters. The first-order valence-corrected chi connectivity index (χ1v) is 9.18. The van der Waals surface area contributed by atoms with Crippen LogP contribution in [0.25, 0.3) is 6.08 Å². The van der Waals surface area contributed by atoms with Gasteiger partial charge in [0, 0.05) is 24.0 Å². The van der Waals surface area contributed by atoms with E-state index in [-0.39, 0.29) is 11.1 Å². The highest BCUT2D eigenvalue weighted by molar-refractivity contribution is 6.09. The van der Waals surface area contributed by atoms with Crippen molar-refractivity contribution in [1.29, 1.82) is 5.26 Å². The lowest BCUT2D eigenvalue weighted by Crippen LogP contribution is -2.45. The lowest BCUT2D eigenvalue weighted by atomic mass is 9.80. The summed E-state index contributed by atoms with van der Waals surface area (Å²) in [5.41, 5.74) is 4.21. The summed E-state index contributed by atoms with van der Waals surface area (Å²) >= 11 is 0. The molecular weight excluding hydrogens is 334 g/mol. The number of carbonyl (C=O) groups is 1. The first-order chi connectivity index (χ1) is 12.8. The van der Waals surface area contributed by atoms with Crippen molar-refractivity contribution in [3.8, 4) is 6.07 Å². The molecule has 0 bridgehead atoms. The second-order valence-electron chi connectivity index (χ2n) is 7.78. The summed E-state index contributed by atoms with van der Waals surface area (Å²) in [6.07, 6.45) is 2.72. The Morgan fingerprint density at radius 1 is 1.26 bits per heavy atom. The van der Waals surface area contributed by atoms with E-state index in [0.717, 1.165) is 12.0 Å². The van der Waals surface area contributed by atoms with Crippen molar-refractivity contribution in [2.45, 2.75) is 38.6 Å². The molecule has 2 aromatic rings. The number of amides is 1. The predicted octanol–water partition coefficient (Wildman–Crippen LogP) is 4.95. The Hall–Kier alpha value is -3.06. The molecule has 1 N–H and O–H groups in total. The molecule has 4 nitrogen and oxygen atoms in total. The SMILES string of the molecule is C[C@@H]1CC(C)(C)N(C)c2ccc(/C=C(/C#N)C(=O)Nc3ccccc3)cc21.